The standard InChI is InChI=1S/C16H22N2O5/c1-13(15(19)12-14-6-4-3-5-7-14)18-23-9-8-17-16(20)22-11-10-21-2/h3-7H,8-12H2,1-2H3,(H,17,20)/b18-13+. The van der Waals surface area contributed by atoms with Crippen LogP contribution in [-0.4, -0.2) is 51.1 Å². The molecule has 1 aromatic carbocycles. The number of benzene rings is 1. The average molecular weight is 322 g/mol. The quantitative estimate of drug-likeness (QED) is 0.401. The van der Waals surface area contributed by atoms with E-state index in [1.165, 1.54) is 7.11 Å². The molecule has 0 aliphatic carbocycles. The van der Waals surface area contributed by atoms with Crippen molar-refractivity contribution in [1.82, 2.24) is 5.32 Å². The van der Waals surface area contributed by atoms with Crippen molar-refractivity contribution in [1.29, 1.82) is 0 Å². The number of ether oxygens (including phenoxy) is 2. The second kappa shape index (κ2) is 11.2. The Morgan fingerprint density at radius 3 is 2.57 bits per heavy atom. The second-order valence-electron chi connectivity index (χ2n) is 4.65. The van der Waals surface area contributed by atoms with Gasteiger partial charge >= 0.3 is 6.09 Å². The highest BCUT2D eigenvalue weighted by Crippen LogP contribution is 2.01. The van der Waals surface area contributed by atoms with Crippen molar-refractivity contribution in [2.24, 2.45) is 5.16 Å². The van der Waals surface area contributed by atoms with Gasteiger partial charge in [-0.25, -0.2) is 4.79 Å². The van der Waals surface area contributed by atoms with E-state index in [1.807, 2.05) is 30.3 Å². The lowest BCUT2D eigenvalue weighted by Crippen LogP contribution is -2.28. The Labute approximate surface area is 135 Å². The first-order valence-corrected chi connectivity index (χ1v) is 7.26. The van der Waals surface area contributed by atoms with E-state index in [0.29, 0.717) is 6.61 Å². The van der Waals surface area contributed by atoms with Crippen molar-refractivity contribution in [3.8, 4) is 0 Å². The van der Waals surface area contributed by atoms with E-state index in [0.717, 1.165) is 5.56 Å². The summed E-state index contributed by atoms with van der Waals surface area (Å²) in [7, 11) is 1.52. The number of methoxy groups -OCH3 is 1. The maximum atomic E-state index is 11.9. The summed E-state index contributed by atoms with van der Waals surface area (Å²) in [5.74, 6) is -0.108. The SMILES string of the molecule is COCCOC(=O)NCCO/N=C(\C)C(=O)Cc1ccccc1. The van der Waals surface area contributed by atoms with Gasteiger partial charge in [-0.2, -0.15) is 0 Å². The number of nitrogens with zero attached hydrogens (tertiary/aromatic N) is 1. The van der Waals surface area contributed by atoms with Gasteiger partial charge in [0.1, 0.15) is 18.9 Å². The number of nitrogens with one attached hydrogen (secondary N) is 1. The lowest BCUT2D eigenvalue weighted by molar-refractivity contribution is -0.112. The molecule has 1 amide bonds. The van der Waals surface area contributed by atoms with Gasteiger partial charge in [-0.15, -0.1) is 0 Å². The first-order valence-electron chi connectivity index (χ1n) is 7.26. The molecule has 0 bridgehead atoms. The van der Waals surface area contributed by atoms with Crippen molar-refractivity contribution in [3.05, 3.63) is 35.9 Å². The number of hydrogen-bond donors (Lipinski definition) is 1. The van der Waals surface area contributed by atoms with Gasteiger partial charge in [-0.05, 0) is 12.5 Å². The van der Waals surface area contributed by atoms with Gasteiger partial charge < -0.3 is 19.6 Å². The van der Waals surface area contributed by atoms with Crippen LogP contribution >= 0.6 is 0 Å². The summed E-state index contributed by atoms with van der Waals surface area (Å²) in [4.78, 5) is 28.1. The van der Waals surface area contributed by atoms with Crippen LogP contribution in [0.25, 0.3) is 0 Å². The van der Waals surface area contributed by atoms with Crippen molar-refractivity contribution in [2.45, 2.75) is 13.3 Å². The minimum Gasteiger partial charge on any atom is -0.447 e. The van der Waals surface area contributed by atoms with Crippen molar-refractivity contribution in [2.75, 3.05) is 33.5 Å². The Bertz CT molecular complexity index is 516. The fraction of sp³-hybridized carbons (Fsp3) is 0.438. The van der Waals surface area contributed by atoms with E-state index in [9.17, 15) is 9.59 Å². The molecule has 1 rings (SSSR count). The van der Waals surface area contributed by atoms with Crippen LogP contribution in [0.4, 0.5) is 4.79 Å². The summed E-state index contributed by atoms with van der Waals surface area (Å²) >= 11 is 0. The van der Waals surface area contributed by atoms with E-state index in [1.54, 1.807) is 6.92 Å². The van der Waals surface area contributed by atoms with Gasteiger partial charge in [0.05, 0.1) is 13.2 Å². The zero-order valence-electron chi connectivity index (χ0n) is 13.4. The molecular weight excluding hydrogens is 300 g/mol. The first kappa shape index (κ1) is 18.6. The fourth-order valence-corrected chi connectivity index (χ4v) is 1.57. The lowest BCUT2D eigenvalue weighted by atomic mass is 10.1. The molecule has 0 fully saturated rings. The van der Waals surface area contributed by atoms with Crippen LogP contribution < -0.4 is 5.32 Å². The summed E-state index contributed by atoms with van der Waals surface area (Å²) in [6.07, 6.45) is -0.268. The molecular formula is C16H22N2O5. The summed E-state index contributed by atoms with van der Waals surface area (Å²) in [5.41, 5.74) is 1.21. The minimum absolute atomic E-state index is 0.108. The summed E-state index contributed by atoms with van der Waals surface area (Å²) < 4.78 is 9.54. The van der Waals surface area contributed by atoms with Gasteiger partial charge in [0.2, 0.25) is 0 Å². The molecule has 23 heavy (non-hydrogen) atoms. The highest BCUT2D eigenvalue weighted by Gasteiger charge is 2.08. The van der Waals surface area contributed by atoms with Crippen LogP contribution in [-0.2, 0) is 25.5 Å². The lowest BCUT2D eigenvalue weighted by Gasteiger charge is -2.06. The number of ketones is 1. The third-order valence-corrected chi connectivity index (χ3v) is 2.80. The third-order valence-electron chi connectivity index (χ3n) is 2.80. The van der Waals surface area contributed by atoms with E-state index in [-0.39, 0.29) is 37.7 Å². The molecule has 1 aromatic rings. The minimum atomic E-state index is -0.550. The molecule has 0 aliphatic rings. The predicted octanol–water partition coefficient (Wildman–Crippen LogP) is 1.56. The van der Waals surface area contributed by atoms with Crippen LogP contribution in [0, 0.1) is 0 Å². The highest BCUT2D eigenvalue weighted by molar-refractivity contribution is 6.39. The number of carbonyl (C=O) groups is 2. The molecule has 0 heterocycles. The maximum Gasteiger partial charge on any atom is 0.407 e. The van der Waals surface area contributed by atoms with Gasteiger partial charge in [0.15, 0.2) is 5.78 Å². The molecule has 0 atom stereocenters. The highest BCUT2D eigenvalue weighted by atomic mass is 16.6. The Morgan fingerprint density at radius 1 is 1.13 bits per heavy atom. The molecule has 7 nitrogen and oxygen atoms in total. The molecule has 0 aliphatic heterocycles. The normalized spacial score (nSPS) is 11.0. The van der Waals surface area contributed by atoms with Gasteiger partial charge in [0.25, 0.3) is 0 Å². The number of amides is 1. The number of Topliss-reactive ketones (excluding diaryl/α,β-unsaturated/α-hetero) is 1. The third kappa shape index (κ3) is 8.57. The smallest absolute Gasteiger partial charge is 0.407 e. The number of rotatable bonds is 10. The van der Waals surface area contributed by atoms with Crippen molar-refractivity contribution >= 4 is 17.6 Å². The predicted molar refractivity (Wildman–Crippen MR) is 85.4 cm³/mol. The van der Waals surface area contributed by atoms with E-state index < -0.39 is 6.09 Å². The average Bonchev–Trinajstić information content (AvgIpc) is 2.55. The summed E-state index contributed by atoms with van der Waals surface area (Å²) in [6, 6.07) is 9.41. The van der Waals surface area contributed by atoms with Crippen LogP contribution in [0.1, 0.15) is 12.5 Å². The van der Waals surface area contributed by atoms with Gasteiger partial charge in [-0.3, -0.25) is 4.79 Å². The largest absolute Gasteiger partial charge is 0.447 e. The van der Waals surface area contributed by atoms with Crippen LogP contribution in [0.3, 0.4) is 0 Å². The zero-order chi connectivity index (χ0) is 16.9. The van der Waals surface area contributed by atoms with Gasteiger partial charge in [0, 0.05) is 13.5 Å². The molecule has 0 saturated heterocycles. The Hall–Kier alpha value is -2.41. The molecule has 0 spiro atoms. The fourth-order valence-electron chi connectivity index (χ4n) is 1.57. The molecule has 7 heteroatoms. The second-order valence-corrected chi connectivity index (χ2v) is 4.65. The maximum absolute atomic E-state index is 11.9. The van der Waals surface area contributed by atoms with Crippen LogP contribution in [0.15, 0.2) is 35.5 Å². The topological polar surface area (TPSA) is 86.2 Å². The monoisotopic (exact) mass is 322 g/mol. The molecule has 0 saturated carbocycles. The summed E-state index contributed by atoms with van der Waals surface area (Å²) in [6.45, 7) is 2.51. The van der Waals surface area contributed by atoms with Crippen LogP contribution in [0.5, 0.6) is 0 Å². The van der Waals surface area contributed by atoms with Crippen molar-refractivity contribution in [3.63, 3.8) is 0 Å². The molecule has 0 radical (unpaired) electrons. The van der Waals surface area contributed by atoms with E-state index in [2.05, 4.69) is 10.5 Å². The molecule has 0 unspecified atom stereocenters. The Balaban J connectivity index is 2.18. The Morgan fingerprint density at radius 2 is 1.87 bits per heavy atom. The van der Waals surface area contributed by atoms with Gasteiger partial charge in [-0.1, -0.05) is 35.5 Å². The first-order chi connectivity index (χ1) is 11.1. The van der Waals surface area contributed by atoms with E-state index >= 15 is 0 Å². The Kier molecular flexibility index (Phi) is 9.07. The van der Waals surface area contributed by atoms with E-state index in [4.69, 9.17) is 14.3 Å². The molecule has 126 valence electrons. The summed E-state index contributed by atoms with van der Waals surface area (Å²) in [5, 5.41) is 6.24. The number of carbonyl (C=O) groups excluding carboxylic acids is 2. The zero-order valence-corrected chi connectivity index (χ0v) is 13.4. The number of oxime groups is 1. The van der Waals surface area contributed by atoms with Crippen molar-refractivity contribution < 1.29 is 23.9 Å². The number of hydrogen-bond acceptors (Lipinski definition) is 6. The number of alkyl carbamates (subject to hydrolysis) is 1. The molecule has 0 aromatic heterocycles. The molecule has 1 N–H and O–H groups in total. The van der Waals surface area contributed by atoms with Crippen LogP contribution in [0.2, 0.25) is 0 Å².